The quantitative estimate of drug-likeness (QED) is 0.714. The number of hydrogen-bond donors (Lipinski definition) is 2. The van der Waals surface area contributed by atoms with E-state index in [2.05, 4.69) is 17.3 Å². The normalized spacial score (nSPS) is 34.9. The zero-order valence-corrected chi connectivity index (χ0v) is 10.3. The Morgan fingerprint density at radius 3 is 3.12 bits per heavy atom. The lowest BCUT2D eigenvalue weighted by molar-refractivity contribution is 0.0131. The van der Waals surface area contributed by atoms with Gasteiger partial charge in [-0.3, -0.25) is 0 Å². The molecule has 2 aliphatic heterocycles. The van der Waals surface area contributed by atoms with Crippen molar-refractivity contribution in [3.63, 3.8) is 0 Å². The summed E-state index contributed by atoms with van der Waals surface area (Å²) in [7, 11) is 2.19. The first-order chi connectivity index (χ1) is 7.75. The summed E-state index contributed by atoms with van der Waals surface area (Å²) in [6.07, 6.45) is 3.91. The third-order valence-corrected chi connectivity index (χ3v) is 3.81. The first-order valence-electron chi connectivity index (χ1n) is 6.52. The summed E-state index contributed by atoms with van der Waals surface area (Å²) in [5.74, 6) is 0.657. The molecular formula is C12H25N3O. The van der Waals surface area contributed by atoms with Crippen LogP contribution in [0.25, 0.3) is 0 Å². The van der Waals surface area contributed by atoms with E-state index in [1.807, 2.05) is 0 Å². The van der Waals surface area contributed by atoms with Gasteiger partial charge in [0.15, 0.2) is 0 Å². The highest BCUT2D eigenvalue weighted by Crippen LogP contribution is 2.21. The van der Waals surface area contributed by atoms with Crippen molar-refractivity contribution in [2.75, 3.05) is 39.8 Å². The van der Waals surface area contributed by atoms with E-state index in [1.165, 1.54) is 19.4 Å². The molecule has 3 N–H and O–H groups in total. The molecule has 3 atom stereocenters. The van der Waals surface area contributed by atoms with Crippen LogP contribution in [-0.2, 0) is 4.74 Å². The zero-order valence-electron chi connectivity index (χ0n) is 10.3. The molecule has 4 heteroatoms. The monoisotopic (exact) mass is 227 g/mol. The molecule has 2 fully saturated rings. The molecule has 0 aromatic heterocycles. The summed E-state index contributed by atoms with van der Waals surface area (Å²) in [5, 5.41) is 3.36. The number of likely N-dealkylation sites (tertiary alicyclic amines) is 1. The number of nitrogens with one attached hydrogen (secondary N) is 1. The fourth-order valence-electron chi connectivity index (χ4n) is 2.82. The van der Waals surface area contributed by atoms with Crippen molar-refractivity contribution in [3.05, 3.63) is 0 Å². The lowest BCUT2D eigenvalue weighted by Crippen LogP contribution is -2.47. The second kappa shape index (κ2) is 5.96. The van der Waals surface area contributed by atoms with Gasteiger partial charge < -0.3 is 20.7 Å². The minimum absolute atomic E-state index is 0.299. The molecule has 0 radical (unpaired) electrons. The molecule has 94 valence electrons. The Balaban J connectivity index is 1.75. The molecule has 0 amide bonds. The summed E-state index contributed by atoms with van der Waals surface area (Å²) >= 11 is 0. The molecule has 2 aliphatic rings. The van der Waals surface area contributed by atoms with E-state index >= 15 is 0 Å². The molecule has 2 heterocycles. The average Bonchev–Trinajstić information content (AvgIpc) is 2.30. The molecule has 0 spiro atoms. The van der Waals surface area contributed by atoms with Gasteiger partial charge in [0.1, 0.15) is 0 Å². The predicted octanol–water partition coefficient (Wildman–Crippen LogP) is 0.0340. The van der Waals surface area contributed by atoms with Crippen LogP contribution in [0.5, 0.6) is 0 Å². The van der Waals surface area contributed by atoms with Crippen LogP contribution in [0, 0.1) is 5.92 Å². The Morgan fingerprint density at radius 2 is 2.44 bits per heavy atom. The zero-order chi connectivity index (χ0) is 11.4. The van der Waals surface area contributed by atoms with Crippen LogP contribution in [0.15, 0.2) is 0 Å². The van der Waals surface area contributed by atoms with Gasteiger partial charge in [-0.05, 0) is 38.8 Å². The fraction of sp³-hybridized carbons (Fsp3) is 1.00. The third kappa shape index (κ3) is 3.42. The molecule has 0 saturated carbocycles. The number of piperidine rings is 1. The van der Waals surface area contributed by atoms with Gasteiger partial charge in [-0.1, -0.05) is 0 Å². The number of nitrogens with two attached hydrogens (primary N) is 1. The summed E-state index contributed by atoms with van der Waals surface area (Å²) in [5.41, 5.74) is 6.31. The Hall–Kier alpha value is -0.160. The Bertz CT molecular complexity index is 206. The predicted molar refractivity (Wildman–Crippen MR) is 65.4 cm³/mol. The van der Waals surface area contributed by atoms with Crippen molar-refractivity contribution in [2.24, 2.45) is 11.7 Å². The minimum Gasteiger partial charge on any atom is -0.376 e. The second-order valence-electron chi connectivity index (χ2n) is 5.26. The Morgan fingerprint density at radius 1 is 1.56 bits per heavy atom. The standard InChI is InChI=1S/C12H25N3O/c1-15-5-2-3-10(9-15)12(13)7-11-8-14-4-6-16-11/h10-12,14H,2-9,13H2,1H3. The van der Waals surface area contributed by atoms with E-state index in [-0.39, 0.29) is 0 Å². The van der Waals surface area contributed by atoms with E-state index in [1.54, 1.807) is 0 Å². The summed E-state index contributed by atoms with van der Waals surface area (Å²) in [6, 6.07) is 0.299. The van der Waals surface area contributed by atoms with Gasteiger partial charge in [0, 0.05) is 25.7 Å². The van der Waals surface area contributed by atoms with Crippen LogP contribution in [-0.4, -0.2) is 56.9 Å². The number of morpholine rings is 1. The summed E-state index contributed by atoms with van der Waals surface area (Å²) in [6.45, 7) is 5.17. The van der Waals surface area contributed by atoms with E-state index in [9.17, 15) is 0 Å². The first kappa shape index (κ1) is 12.3. The molecule has 0 aromatic rings. The van der Waals surface area contributed by atoms with Crippen molar-refractivity contribution in [1.29, 1.82) is 0 Å². The van der Waals surface area contributed by atoms with Crippen LogP contribution in [0.3, 0.4) is 0 Å². The highest BCUT2D eigenvalue weighted by atomic mass is 16.5. The number of hydrogen-bond acceptors (Lipinski definition) is 4. The van der Waals surface area contributed by atoms with Crippen LogP contribution in [0.1, 0.15) is 19.3 Å². The topological polar surface area (TPSA) is 50.5 Å². The lowest BCUT2D eigenvalue weighted by Gasteiger charge is -2.35. The molecule has 0 bridgehead atoms. The smallest absolute Gasteiger partial charge is 0.0714 e. The van der Waals surface area contributed by atoms with Crippen molar-refractivity contribution in [1.82, 2.24) is 10.2 Å². The molecule has 16 heavy (non-hydrogen) atoms. The molecule has 3 unspecified atom stereocenters. The molecule has 4 nitrogen and oxygen atoms in total. The van der Waals surface area contributed by atoms with E-state index in [4.69, 9.17) is 10.5 Å². The second-order valence-corrected chi connectivity index (χ2v) is 5.26. The first-order valence-corrected chi connectivity index (χ1v) is 6.52. The minimum atomic E-state index is 0.299. The van der Waals surface area contributed by atoms with Crippen LogP contribution < -0.4 is 11.1 Å². The molecular weight excluding hydrogens is 202 g/mol. The van der Waals surface area contributed by atoms with Gasteiger partial charge in [-0.15, -0.1) is 0 Å². The van der Waals surface area contributed by atoms with Gasteiger partial charge in [-0.25, -0.2) is 0 Å². The van der Waals surface area contributed by atoms with Crippen LogP contribution in [0.2, 0.25) is 0 Å². The largest absolute Gasteiger partial charge is 0.376 e. The van der Waals surface area contributed by atoms with Crippen LogP contribution in [0.4, 0.5) is 0 Å². The van der Waals surface area contributed by atoms with E-state index in [0.717, 1.165) is 32.7 Å². The average molecular weight is 227 g/mol. The number of rotatable bonds is 3. The van der Waals surface area contributed by atoms with Crippen molar-refractivity contribution in [2.45, 2.75) is 31.4 Å². The van der Waals surface area contributed by atoms with Gasteiger partial charge in [0.2, 0.25) is 0 Å². The molecule has 0 aliphatic carbocycles. The molecule has 2 saturated heterocycles. The van der Waals surface area contributed by atoms with Gasteiger partial charge in [-0.2, -0.15) is 0 Å². The highest BCUT2D eigenvalue weighted by Gasteiger charge is 2.26. The van der Waals surface area contributed by atoms with Gasteiger partial charge >= 0.3 is 0 Å². The summed E-state index contributed by atoms with van der Waals surface area (Å²) in [4.78, 5) is 2.40. The maximum Gasteiger partial charge on any atom is 0.0714 e. The Kier molecular flexibility index (Phi) is 4.58. The third-order valence-electron chi connectivity index (χ3n) is 3.81. The van der Waals surface area contributed by atoms with Crippen molar-refractivity contribution < 1.29 is 4.74 Å². The number of ether oxygens (including phenoxy) is 1. The van der Waals surface area contributed by atoms with Crippen molar-refractivity contribution in [3.8, 4) is 0 Å². The number of nitrogens with zero attached hydrogens (tertiary/aromatic N) is 1. The van der Waals surface area contributed by atoms with E-state index in [0.29, 0.717) is 18.1 Å². The highest BCUT2D eigenvalue weighted by molar-refractivity contribution is 4.83. The fourth-order valence-corrected chi connectivity index (χ4v) is 2.82. The maximum absolute atomic E-state index is 6.31. The summed E-state index contributed by atoms with van der Waals surface area (Å²) < 4.78 is 5.71. The van der Waals surface area contributed by atoms with Crippen molar-refractivity contribution >= 4 is 0 Å². The van der Waals surface area contributed by atoms with E-state index < -0.39 is 0 Å². The van der Waals surface area contributed by atoms with Crippen LogP contribution >= 0.6 is 0 Å². The lowest BCUT2D eigenvalue weighted by atomic mass is 9.88. The molecule has 0 aromatic carbocycles. The maximum atomic E-state index is 6.31. The van der Waals surface area contributed by atoms with Gasteiger partial charge in [0.25, 0.3) is 0 Å². The SMILES string of the molecule is CN1CCCC(C(N)CC2CNCCO2)C1. The van der Waals surface area contributed by atoms with Gasteiger partial charge in [0.05, 0.1) is 12.7 Å². The Labute approximate surface area is 98.5 Å². The molecule has 2 rings (SSSR count).